The van der Waals surface area contributed by atoms with Gasteiger partial charge in [0.25, 0.3) is 0 Å². The van der Waals surface area contributed by atoms with Crippen LogP contribution in [0.4, 0.5) is 17.1 Å². The maximum absolute atomic E-state index is 2.50. The van der Waals surface area contributed by atoms with E-state index >= 15 is 0 Å². The number of hydrogen-bond donors (Lipinski definition) is 0. The lowest BCUT2D eigenvalue weighted by molar-refractivity contribution is 1.19. The SMILES string of the molecule is c1ccc(-c2ccccc2N(c2ccc3c(c2)Cc2ccccc2-3)c2cccc3c2Cc2ccccc2-3)cc1. The van der Waals surface area contributed by atoms with Crippen LogP contribution < -0.4 is 4.90 Å². The van der Waals surface area contributed by atoms with Crippen LogP contribution in [0.5, 0.6) is 0 Å². The van der Waals surface area contributed by atoms with Crippen molar-refractivity contribution in [3.8, 4) is 33.4 Å². The van der Waals surface area contributed by atoms with Gasteiger partial charge in [-0.05, 0) is 80.8 Å². The standard InChI is InChI=1S/C38H27N/c1-2-11-26(12-3-1)34-17-8-9-19-37(34)39(30-21-22-33-29(24-30)23-27-13-4-6-15-31(27)33)38-20-10-18-35-32-16-7-5-14-28(32)25-36(35)38/h1-22,24H,23,25H2. The molecule has 0 saturated heterocycles. The van der Waals surface area contributed by atoms with Crippen molar-refractivity contribution >= 4 is 17.1 Å². The van der Waals surface area contributed by atoms with Gasteiger partial charge < -0.3 is 4.90 Å². The van der Waals surface area contributed by atoms with Crippen molar-refractivity contribution in [2.45, 2.75) is 12.8 Å². The fraction of sp³-hybridized carbons (Fsp3) is 0.0526. The van der Waals surface area contributed by atoms with Crippen LogP contribution in [-0.2, 0) is 12.8 Å². The van der Waals surface area contributed by atoms with Gasteiger partial charge in [0.05, 0.1) is 11.4 Å². The van der Waals surface area contributed by atoms with Gasteiger partial charge >= 0.3 is 0 Å². The van der Waals surface area contributed by atoms with Crippen LogP contribution in [0.15, 0.2) is 140 Å². The second-order valence-electron chi connectivity index (χ2n) is 10.5. The van der Waals surface area contributed by atoms with E-state index in [0.29, 0.717) is 0 Å². The minimum Gasteiger partial charge on any atom is -0.310 e. The van der Waals surface area contributed by atoms with Crippen molar-refractivity contribution in [3.05, 3.63) is 162 Å². The molecule has 6 aromatic carbocycles. The summed E-state index contributed by atoms with van der Waals surface area (Å²) in [5.74, 6) is 0. The molecule has 2 aliphatic rings. The van der Waals surface area contributed by atoms with Gasteiger partial charge in [0.15, 0.2) is 0 Å². The van der Waals surface area contributed by atoms with Crippen LogP contribution in [0.1, 0.15) is 22.3 Å². The lowest BCUT2D eigenvalue weighted by Crippen LogP contribution is -2.13. The van der Waals surface area contributed by atoms with E-state index in [4.69, 9.17) is 0 Å². The van der Waals surface area contributed by atoms with Crippen LogP contribution in [0.25, 0.3) is 33.4 Å². The summed E-state index contributed by atoms with van der Waals surface area (Å²) >= 11 is 0. The molecule has 8 rings (SSSR count). The van der Waals surface area contributed by atoms with Crippen LogP contribution in [0.3, 0.4) is 0 Å². The largest absolute Gasteiger partial charge is 0.310 e. The number of anilines is 3. The highest BCUT2D eigenvalue weighted by atomic mass is 15.1. The molecule has 0 spiro atoms. The van der Waals surface area contributed by atoms with Gasteiger partial charge in [-0.25, -0.2) is 0 Å². The van der Waals surface area contributed by atoms with Crippen molar-refractivity contribution in [1.82, 2.24) is 0 Å². The molecule has 6 aromatic rings. The summed E-state index contributed by atoms with van der Waals surface area (Å²) in [6.45, 7) is 0. The molecule has 2 aliphatic carbocycles. The Morgan fingerprint density at radius 3 is 1.79 bits per heavy atom. The zero-order chi connectivity index (χ0) is 25.8. The number of nitrogens with zero attached hydrogens (tertiary/aromatic N) is 1. The minimum atomic E-state index is 0.946. The third-order valence-corrected chi connectivity index (χ3v) is 8.33. The monoisotopic (exact) mass is 497 g/mol. The summed E-state index contributed by atoms with van der Waals surface area (Å²) in [7, 11) is 0. The minimum absolute atomic E-state index is 0.946. The number of fused-ring (bicyclic) bond motifs is 6. The Hall–Kier alpha value is -4.88. The van der Waals surface area contributed by atoms with E-state index in [9.17, 15) is 0 Å². The molecule has 1 heteroatoms. The molecular formula is C38H27N. The zero-order valence-electron chi connectivity index (χ0n) is 21.6. The van der Waals surface area contributed by atoms with Crippen molar-refractivity contribution < 1.29 is 0 Å². The lowest BCUT2D eigenvalue weighted by Gasteiger charge is -2.30. The normalized spacial score (nSPS) is 12.4. The van der Waals surface area contributed by atoms with Gasteiger partial charge in [0, 0.05) is 17.7 Å². The highest BCUT2D eigenvalue weighted by molar-refractivity contribution is 5.93. The highest BCUT2D eigenvalue weighted by Gasteiger charge is 2.27. The first-order chi connectivity index (χ1) is 19.3. The molecule has 0 atom stereocenters. The maximum Gasteiger partial charge on any atom is 0.0540 e. The Kier molecular flexibility index (Phi) is 5.03. The molecule has 0 amide bonds. The van der Waals surface area contributed by atoms with Gasteiger partial charge in [-0.2, -0.15) is 0 Å². The summed E-state index contributed by atoms with van der Waals surface area (Å²) < 4.78 is 0. The van der Waals surface area contributed by atoms with E-state index in [2.05, 4.69) is 144 Å². The van der Waals surface area contributed by atoms with E-state index in [0.717, 1.165) is 12.8 Å². The quantitative estimate of drug-likeness (QED) is 0.234. The molecule has 0 aliphatic heterocycles. The van der Waals surface area contributed by atoms with Crippen molar-refractivity contribution in [3.63, 3.8) is 0 Å². The molecule has 0 fully saturated rings. The fourth-order valence-corrected chi connectivity index (χ4v) is 6.56. The van der Waals surface area contributed by atoms with Crippen LogP contribution in [-0.4, -0.2) is 0 Å². The Morgan fingerprint density at radius 1 is 0.385 bits per heavy atom. The van der Waals surface area contributed by atoms with E-state index in [1.165, 1.54) is 72.7 Å². The smallest absolute Gasteiger partial charge is 0.0540 e. The van der Waals surface area contributed by atoms with E-state index in [1.54, 1.807) is 0 Å². The second-order valence-corrected chi connectivity index (χ2v) is 10.5. The molecule has 39 heavy (non-hydrogen) atoms. The topological polar surface area (TPSA) is 3.24 Å². The van der Waals surface area contributed by atoms with Crippen LogP contribution in [0, 0.1) is 0 Å². The summed E-state index contributed by atoms with van der Waals surface area (Å²) in [5, 5.41) is 0. The molecule has 0 saturated carbocycles. The summed E-state index contributed by atoms with van der Waals surface area (Å²) in [6, 6.07) is 51.1. The number of benzene rings is 6. The Labute approximate surface area is 229 Å². The Bertz CT molecular complexity index is 1860. The molecule has 184 valence electrons. The molecule has 1 nitrogen and oxygen atoms in total. The van der Waals surface area contributed by atoms with Gasteiger partial charge in [-0.3, -0.25) is 0 Å². The first-order valence-corrected chi connectivity index (χ1v) is 13.7. The first kappa shape index (κ1) is 22.1. The predicted octanol–water partition coefficient (Wildman–Crippen LogP) is 9.97. The third kappa shape index (κ3) is 3.55. The Morgan fingerprint density at radius 2 is 0.974 bits per heavy atom. The number of rotatable bonds is 4. The fourth-order valence-electron chi connectivity index (χ4n) is 6.56. The predicted molar refractivity (Wildman–Crippen MR) is 163 cm³/mol. The Balaban J connectivity index is 1.36. The molecule has 0 bridgehead atoms. The maximum atomic E-state index is 2.50. The van der Waals surface area contributed by atoms with Gasteiger partial charge in [0.1, 0.15) is 0 Å². The first-order valence-electron chi connectivity index (χ1n) is 13.7. The summed E-state index contributed by atoms with van der Waals surface area (Å²) in [4.78, 5) is 2.50. The van der Waals surface area contributed by atoms with E-state index in [1.807, 2.05) is 0 Å². The summed E-state index contributed by atoms with van der Waals surface area (Å²) in [6.07, 6.45) is 1.92. The van der Waals surface area contributed by atoms with Crippen LogP contribution in [0.2, 0.25) is 0 Å². The molecular weight excluding hydrogens is 470 g/mol. The third-order valence-electron chi connectivity index (χ3n) is 8.33. The number of para-hydroxylation sites is 1. The molecule has 0 aromatic heterocycles. The molecule has 0 N–H and O–H groups in total. The van der Waals surface area contributed by atoms with E-state index < -0.39 is 0 Å². The second kappa shape index (κ2) is 8.85. The average molecular weight is 498 g/mol. The van der Waals surface area contributed by atoms with E-state index in [-0.39, 0.29) is 0 Å². The molecule has 0 radical (unpaired) electrons. The van der Waals surface area contributed by atoms with Crippen molar-refractivity contribution in [2.24, 2.45) is 0 Å². The molecule has 0 unspecified atom stereocenters. The van der Waals surface area contributed by atoms with Gasteiger partial charge in [-0.1, -0.05) is 115 Å². The number of hydrogen-bond acceptors (Lipinski definition) is 1. The summed E-state index contributed by atoms with van der Waals surface area (Å²) in [5.41, 5.74) is 17.1. The van der Waals surface area contributed by atoms with Crippen molar-refractivity contribution in [1.29, 1.82) is 0 Å². The highest BCUT2D eigenvalue weighted by Crippen LogP contribution is 2.49. The van der Waals surface area contributed by atoms with Crippen molar-refractivity contribution in [2.75, 3.05) is 4.90 Å². The van der Waals surface area contributed by atoms with Crippen LogP contribution >= 0.6 is 0 Å². The average Bonchev–Trinajstić information content (AvgIpc) is 3.57. The van der Waals surface area contributed by atoms with Gasteiger partial charge in [-0.15, -0.1) is 0 Å². The molecule has 0 heterocycles. The zero-order valence-corrected chi connectivity index (χ0v) is 21.6. The van der Waals surface area contributed by atoms with Gasteiger partial charge in [0.2, 0.25) is 0 Å². The lowest BCUT2D eigenvalue weighted by atomic mass is 9.98.